The smallest absolute Gasteiger partial charge is 0.194 e. The molecule has 0 unspecified atom stereocenters. The summed E-state index contributed by atoms with van der Waals surface area (Å²) in [6.07, 6.45) is 0. The largest absolute Gasteiger partial charge is 0.320 e. The van der Waals surface area contributed by atoms with E-state index in [1.165, 1.54) is 0 Å². The number of carbonyl (C=O) groups excluding carboxylic acids is 1. The first-order valence-corrected chi connectivity index (χ1v) is 4.02. The minimum Gasteiger partial charge on any atom is -0.320 e. The Morgan fingerprint density at radius 3 is 1.88 bits per heavy atom. The lowest BCUT2D eigenvalue weighted by Crippen LogP contribution is -2.20. The topological polar surface area (TPSA) is 43.1 Å². The number of rotatable bonds is 1. The van der Waals surface area contributed by atoms with Crippen molar-refractivity contribution in [2.24, 2.45) is 5.73 Å². The van der Waals surface area contributed by atoms with Crippen LogP contribution in [0.2, 0.25) is 0 Å². The van der Waals surface area contributed by atoms with Gasteiger partial charge in [0.25, 0.3) is 0 Å². The van der Waals surface area contributed by atoms with E-state index >= 15 is 0 Å². The highest BCUT2D eigenvalue weighted by Gasteiger charge is 2.26. The predicted octanol–water partition coefficient (Wildman–Crippen LogP) is 1.51. The van der Waals surface area contributed by atoms with Crippen LogP contribution < -0.4 is 5.73 Å². The molecule has 0 amide bonds. The number of Topliss-reactive ketones (excluding diaryl/α,β-unsaturated/α-hetero) is 1. The van der Waals surface area contributed by atoms with Gasteiger partial charge in [0.15, 0.2) is 7.93 Å². The summed E-state index contributed by atoms with van der Waals surface area (Å²) >= 11 is 8.93. The van der Waals surface area contributed by atoms with Crippen LogP contribution in [0.25, 0.3) is 0 Å². The van der Waals surface area contributed by atoms with Crippen molar-refractivity contribution in [3.8, 4) is 0 Å². The number of nitrogens with two attached hydrogens (primary N) is 1. The van der Waals surface area contributed by atoms with Gasteiger partial charge in [0.05, 0.1) is 6.54 Å². The van der Waals surface area contributed by atoms with Gasteiger partial charge in [-0.05, 0) is 0 Å². The maximum absolute atomic E-state index is 10.5. The Hall–Kier alpha value is 1.07. The average Bonchev–Trinajstić information content (AvgIpc) is 1.62. The fourth-order valence-corrected chi connectivity index (χ4v) is 0.491. The van der Waals surface area contributed by atoms with E-state index in [-0.39, 0.29) is 5.78 Å². The summed E-state index contributed by atoms with van der Waals surface area (Å²) in [5.41, 5.74) is 4.89. The molecule has 0 aliphatic heterocycles. The molecule has 1 radical (unpaired) electrons. The molecule has 0 fully saturated rings. The molecule has 0 heterocycles. The van der Waals surface area contributed by atoms with Crippen molar-refractivity contribution >= 4 is 53.6 Å². The number of hydrogen-bond acceptors (Lipinski definition) is 2. The van der Waals surface area contributed by atoms with E-state index in [4.69, 9.17) is 5.73 Å². The molecule has 8 heavy (non-hydrogen) atoms. The molecule has 47 valence electrons. The van der Waals surface area contributed by atoms with Crippen molar-refractivity contribution < 1.29 is 4.79 Å². The molecular formula is C3H3Br3NO. The van der Waals surface area contributed by atoms with Crippen molar-refractivity contribution in [2.75, 3.05) is 0 Å². The quantitative estimate of drug-likeness (QED) is 0.746. The number of ketones is 1. The second kappa shape index (κ2) is 3.29. The minimum absolute atomic E-state index is 0.266. The molecule has 0 atom stereocenters. The summed E-state index contributed by atoms with van der Waals surface area (Å²) in [6.45, 7) is 0.970. The minimum atomic E-state index is -0.873. The second-order valence-electron chi connectivity index (χ2n) is 1.03. The lowest BCUT2D eigenvalue weighted by atomic mass is 10.5. The van der Waals surface area contributed by atoms with Gasteiger partial charge < -0.3 is 5.73 Å². The Bertz CT molecular complexity index is 97.2. The van der Waals surface area contributed by atoms with E-state index in [1.807, 2.05) is 0 Å². The summed E-state index contributed by atoms with van der Waals surface area (Å²) in [5.74, 6) is -0.266. The van der Waals surface area contributed by atoms with Gasteiger partial charge in [0.1, 0.15) is 0 Å². The molecule has 2 nitrogen and oxygen atoms in total. The van der Waals surface area contributed by atoms with Crippen LogP contribution in [0.5, 0.6) is 0 Å². The van der Waals surface area contributed by atoms with Crippen molar-refractivity contribution in [1.82, 2.24) is 0 Å². The first-order chi connectivity index (χ1) is 3.48. The van der Waals surface area contributed by atoms with Gasteiger partial charge in [-0.2, -0.15) is 0 Å². The van der Waals surface area contributed by atoms with E-state index in [2.05, 4.69) is 47.8 Å². The van der Waals surface area contributed by atoms with Crippen molar-refractivity contribution in [2.45, 2.75) is 2.14 Å². The molecule has 0 aliphatic carbocycles. The van der Waals surface area contributed by atoms with E-state index in [1.54, 1.807) is 0 Å². The van der Waals surface area contributed by atoms with Crippen LogP contribution in [-0.2, 0) is 4.79 Å². The highest BCUT2D eigenvalue weighted by molar-refractivity contribution is 9.40. The molecule has 5 heteroatoms. The number of alkyl halides is 3. The third kappa shape index (κ3) is 3.17. The lowest BCUT2D eigenvalue weighted by molar-refractivity contribution is -0.114. The summed E-state index contributed by atoms with van der Waals surface area (Å²) < 4.78 is -0.873. The van der Waals surface area contributed by atoms with Crippen LogP contribution in [0.15, 0.2) is 0 Å². The lowest BCUT2D eigenvalue weighted by Gasteiger charge is -2.06. The molecule has 0 aromatic carbocycles. The van der Waals surface area contributed by atoms with Crippen LogP contribution in [-0.4, -0.2) is 7.93 Å². The van der Waals surface area contributed by atoms with Gasteiger partial charge in [0, 0.05) is 0 Å². The van der Waals surface area contributed by atoms with Crippen LogP contribution in [0.1, 0.15) is 0 Å². The predicted molar refractivity (Wildman–Crippen MR) is 43.0 cm³/mol. The molecule has 2 N–H and O–H groups in total. The SMILES string of the molecule is N[CH]C(=O)C(Br)(Br)Br. The van der Waals surface area contributed by atoms with E-state index in [9.17, 15) is 4.79 Å². The summed E-state index contributed by atoms with van der Waals surface area (Å²) in [5, 5.41) is 0. The van der Waals surface area contributed by atoms with Crippen molar-refractivity contribution in [1.29, 1.82) is 0 Å². The molecule has 0 spiro atoms. The first-order valence-electron chi connectivity index (χ1n) is 1.64. The normalized spacial score (nSPS) is 11.5. The van der Waals surface area contributed by atoms with Gasteiger partial charge in [-0.3, -0.25) is 4.79 Å². The molecule has 0 aliphatic rings. The highest BCUT2D eigenvalue weighted by atomic mass is 80.0. The fraction of sp³-hybridized carbons (Fsp3) is 0.333. The fourth-order valence-electron chi connectivity index (χ4n) is 0.0945. The summed E-state index contributed by atoms with van der Waals surface area (Å²) in [7, 11) is 0. The molecule has 0 aromatic rings. The standard InChI is InChI=1S/C3H3Br3NO/c4-3(5,6)2(8)1-7/h1H,7H2. The van der Waals surface area contributed by atoms with Gasteiger partial charge in [-0.1, -0.05) is 47.8 Å². The molecule has 0 saturated heterocycles. The van der Waals surface area contributed by atoms with E-state index < -0.39 is 2.14 Å². The summed E-state index contributed by atoms with van der Waals surface area (Å²) in [4.78, 5) is 10.5. The maximum Gasteiger partial charge on any atom is 0.194 e. The molecule has 0 bridgehead atoms. The van der Waals surface area contributed by atoms with E-state index in [0.29, 0.717) is 0 Å². The molecular weight excluding hydrogens is 306 g/mol. The van der Waals surface area contributed by atoms with Gasteiger partial charge in [0.2, 0.25) is 0 Å². The maximum atomic E-state index is 10.5. The molecule has 0 aromatic heterocycles. The second-order valence-corrected chi connectivity index (χ2v) is 7.79. The third-order valence-corrected chi connectivity index (χ3v) is 1.60. The Kier molecular flexibility index (Phi) is 3.73. The zero-order chi connectivity index (χ0) is 6.78. The zero-order valence-electron chi connectivity index (χ0n) is 3.70. The monoisotopic (exact) mass is 306 g/mol. The van der Waals surface area contributed by atoms with Gasteiger partial charge in [-0.25, -0.2) is 0 Å². The summed E-state index contributed by atoms with van der Waals surface area (Å²) in [6, 6.07) is 0. The molecule has 0 rings (SSSR count). The zero-order valence-corrected chi connectivity index (χ0v) is 8.45. The highest BCUT2D eigenvalue weighted by Crippen LogP contribution is 2.34. The van der Waals surface area contributed by atoms with Crippen molar-refractivity contribution in [3.63, 3.8) is 0 Å². The van der Waals surface area contributed by atoms with Crippen molar-refractivity contribution in [3.05, 3.63) is 6.54 Å². The van der Waals surface area contributed by atoms with Crippen LogP contribution >= 0.6 is 47.8 Å². The van der Waals surface area contributed by atoms with Crippen LogP contribution in [0, 0.1) is 6.54 Å². The van der Waals surface area contributed by atoms with E-state index in [0.717, 1.165) is 6.54 Å². The Balaban J connectivity index is 3.82. The van der Waals surface area contributed by atoms with Crippen LogP contribution in [0.4, 0.5) is 0 Å². The van der Waals surface area contributed by atoms with Crippen LogP contribution in [0.3, 0.4) is 0 Å². The van der Waals surface area contributed by atoms with Gasteiger partial charge in [-0.15, -0.1) is 0 Å². The Morgan fingerprint density at radius 2 is 1.88 bits per heavy atom. The number of hydrogen-bond donors (Lipinski definition) is 1. The third-order valence-electron chi connectivity index (χ3n) is 0.431. The first kappa shape index (κ1) is 9.07. The number of halogens is 3. The molecule has 0 saturated carbocycles. The number of carbonyl (C=O) groups is 1. The Morgan fingerprint density at radius 1 is 1.50 bits per heavy atom. The Labute approximate surface area is 72.6 Å². The average molecular weight is 309 g/mol. The van der Waals surface area contributed by atoms with Gasteiger partial charge >= 0.3 is 0 Å².